The summed E-state index contributed by atoms with van der Waals surface area (Å²) in [7, 11) is -4.08. The number of hydroxylamine groups is 1. The third-order valence-corrected chi connectivity index (χ3v) is 13.2. The molecule has 0 radical (unpaired) electrons. The fourth-order valence-corrected chi connectivity index (χ4v) is 6.24. The van der Waals surface area contributed by atoms with Gasteiger partial charge in [0.05, 0.1) is 30.8 Å². The Morgan fingerprint density at radius 2 is 1.66 bits per heavy atom. The van der Waals surface area contributed by atoms with E-state index in [1.54, 1.807) is 27.1 Å². The lowest BCUT2D eigenvalue weighted by Crippen LogP contribution is -2.43. The molecule has 0 saturated carbocycles. The molecule has 0 unspecified atom stereocenters. The number of benzene rings is 2. The van der Waals surface area contributed by atoms with Crippen molar-refractivity contribution in [3.63, 3.8) is 0 Å². The zero-order valence-corrected chi connectivity index (χ0v) is 27.2. The highest BCUT2D eigenvalue weighted by molar-refractivity contribution is 7.54. The van der Waals surface area contributed by atoms with Gasteiger partial charge in [0, 0.05) is 19.0 Å². The van der Waals surface area contributed by atoms with Crippen LogP contribution in [-0.4, -0.2) is 50.7 Å². The van der Waals surface area contributed by atoms with Crippen LogP contribution in [0.4, 0.5) is 5.82 Å². The SMILES string of the molecule is CCOP(=O)(CC(=O)ON(C)c1ncc(-c2cccc(O[Si](C)(C)C(C)(C)C)c2)nc1Cc1ccccc1)OCC. The first-order valence-electron chi connectivity index (χ1n) is 13.8. The molecule has 11 heteroatoms. The van der Waals surface area contributed by atoms with Crippen LogP contribution in [0.15, 0.2) is 60.8 Å². The monoisotopic (exact) mass is 599 g/mol. The molecule has 0 aliphatic heterocycles. The molecular formula is C30H42N3O6PSi. The summed E-state index contributed by atoms with van der Waals surface area (Å²) < 4.78 is 29.8. The Kier molecular flexibility index (Phi) is 10.9. The summed E-state index contributed by atoms with van der Waals surface area (Å²) in [6.45, 7) is 14.7. The summed E-state index contributed by atoms with van der Waals surface area (Å²) in [5.74, 6) is 0.399. The number of rotatable bonds is 13. The van der Waals surface area contributed by atoms with Gasteiger partial charge in [0.2, 0.25) is 8.32 Å². The maximum absolute atomic E-state index is 12.8. The summed E-state index contributed by atoms with van der Waals surface area (Å²) in [6, 6.07) is 17.7. The van der Waals surface area contributed by atoms with E-state index >= 15 is 0 Å². The average Bonchev–Trinajstić information content (AvgIpc) is 2.88. The first-order valence-corrected chi connectivity index (χ1v) is 18.4. The second kappa shape index (κ2) is 13.7. The van der Waals surface area contributed by atoms with Gasteiger partial charge >= 0.3 is 13.6 Å². The van der Waals surface area contributed by atoms with Gasteiger partial charge in [-0.1, -0.05) is 63.2 Å². The van der Waals surface area contributed by atoms with Crippen LogP contribution in [0.3, 0.4) is 0 Å². The molecular weight excluding hydrogens is 557 g/mol. The number of nitrogens with zero attached hydrogens (tertiary/aromatic N) is 3. The van der Waals surface area contributed by atoms with Crippen LogP contribution in [0.5, 0.6) is 5.75 Å². The van der Waals surface area contributed by atoms with Crippen molar-refractivity contribution in [1.29, 1.82) is 0 Å². The number of anilines is 1. The first kappa shape index (κ1) is 32.5. The van der Waals surface area contributed by atoms with Crippen LogP contribution in [0.1, 0.15) is 45.9 Å². The molecule has 9 nitrogen and oxygen atoms in total. The number of hydrogen-bond acceptors (Lipinski definition) is 9. The maximum atomic E-state index is 12.8. The molecule has 0 N–H and O–H groups in total. The summed E-state index contributed by atoms with van der Waals surface area (Å²) in [5.41, 5.74) is 3.16. The Morgan fingerprint density at radius 1 is 1.00 bits per heavy atom. The molecule has 41 heavy (non-hydrogen) atoms. The molecule has 1 heterocycles. The maximum Gasteiger partial charge on any atom is 0.344 e. The van der Waals surface area contributed by atoms with Crippen molar-refractivity contribution >= 4 is 27.7 Å². The quantitative estimate of drug-likeness (QED) is 0.114. The van der Waals surface area contributed by atoms with Crippen LogP contribution < -0.4 is 9.49 Å². The van der Waals surface area contributed by atoms with Gasteiger partial charge in [-0.3, -0.25) is 4.57 Å². The predicted molar refractivity (Wildman–Crippen MR) is 165 cm³/mol. The lowest BCUT2D eigenvalue weighted by Gasteiger charge is -2.36. The van der Waals surface area contributed by atoms with Crippen LogP contribution >= 0.6 is 7.60 Å². The molecule has 0 spiro atoms. The number of carbonyl (C=O) groups excluding carboxylic acids is 1. The molecule has 0 saturated heterocycles. The summed E-state index contributed by atoms with van der Waals surface area (Å²) in [4.78, 5) is 27.8. The van der Waals surface area contributed by atoms with Crippen LogP contribution in [0.2, 0.25) is 18.1 Å². The number of hydrogen-bond donors (Lipinski definition) is 0. The third kappa shape index (κ3) is 8.97. The molecule has 1 aromatic heterocycles. The molecule has 0 aliphatic carbocycles. The Morgan fingerprint density at radius 3 is 2.27 bits per heavy atom. The smallest absolute Gasteiger partial charge is 0.344 e. The van der Waals surface area contributed by atoms with Gasteiger partial charge in [-0.15, -0.1) is 0 Å². The second-order valence-electron chi connectivity index (χ2n) is 11.1. The molecule has 0 fully saturated rings. The van der Waals surface area contributed by atoms with E-state index in [4.69, 9.17) is 23.3 Å². The van der Waals surface area contributed by atoms with Gasteiger partial charge in [-0.2, -0.15) is 5.06 Å². The largest absolute Gasteiger partial charge is 0.543 e. The Labute approximate surface area is 244 Å². The van der Waals surface area contributed by atoms with Crippen molar-refractivity contribution in [1.82, 2.24) is 9.97 Å². The lowest BCUT2D eigenvalue weighted by molar-refractivity contribution is -0.141. The Hall–Kier alpha value is -3.04. The van der Waals surface area contributed by atoms with Gasteiger partial charge in [0.25, 0.3) is 0 Å². The van der Waals surface area contributed by atoms with E-state index < -0.39 is 28.0 Å². The van der Waals surface area contributed by atoms with E-state index in [0.717, 1.165) is 16.9 Å². The molecule has 2 aromatic carbocycles. The zero-order valence-electron chi connectivity index (χ0n) is 25.3. The van der Waals surface area contributed by atoms with Gasteiger partial charge in [0.15, 0.2) is 12.0 Å². The van der Waals surface area contributed by atoms with Crippen molar-refractivity contribution in [2.45, 2.75) is 59.2 Å². The normalized spacial score (nSPS) is 12.2. The highest BCUT2D eigenvalue weighted by Crippen LogP contribution is 2.48. The topological polar surface area (TPSA) is 100 Å². The standard InChI is InChI=1S/C30H42N3O6PSi/c1-9-36-40(35,37-10-2)22-28(34)38-33(6)29-26(19-23-15-12-11-13-16-23)32-27(21-31-29)24-17-14-18-25(20-24)39-41(7,8)30(3,4)5/h11-18,20-21H,9-10,19,22H2,1-8H3. The van der Waals surface area contributed by atoms with E-state index in [1.807, 2.05) is 54.6 Å². The zero-order chi connectivity index (χ0) is 30.3. The minimum Gasteiger partial charge on any atom is -0.543 e. The van der Waals surface area contributed by atoms with Crippen molar-refractivity contribution in [3.8, 4) is 17.0 Å². The number of carbonyl (C=O) groups is 1. The van der Waals surface area contributed by atoms with Gasteiger partial charge in [-0.05, 0) is 49.7 Å². The van der Waals surface area contributed by atoms with Gasteiger partial charge in [-0.25, -0.2) is 14.8 Å². The summed E-state index contributed by atoms with van der Waals surface area (Å²) in [6.07, 6.45) is 1.58. The molecule has 0 aliphatic rings. The summed E-state index contributed by atoms with van der Waals surface area (Å²) >= 11 is 0. The predicted octanol–water partition coefficient (Wildman–Crippen LogP) is 7.28. The van der Waals surface area contributed by atoms with Crippen molar-refractivity contribution in [2.24, 2.45) is 0 Å². The fraction of sp³-hybridized carbons (Fsp3) is 0.433. The fourth-order valence-electron chi connectivity index (χ4n) is 3.80. The summed E-state index contributed by atoms with van der Waals surface area (Å²) in [5, 5.41) is 1.31. The van der Waals surface area contributed by atoms with E-state index in [2.05, 4.69) is 38.8 Å². The van der Waals surface area contributed by atoms with Crippen molar-refractivity contribution < 1.29 is 27.7 Å². The molecule has 0 amide bonds. The van der Waals surface area contributed by atoms with Crippen LogP contribution in [0, 0.1) is 0 Å². The highest BCUT2D eigenvalue weighted by Gasteiger charge is 2.39. The van der Waals surface area contributed by atoms with Gasteiger partial charge < -0.3 is 18.3 Å². The second-order valence-corrected chi connectivity index (χ2v) is 17.9. The van der Waals surface area contributed by atoms with Crippen molar-refractivity contribution in [2.75, 3.05) is 31.5 Å². The minimum atomic E-state index is -3.61. The third-order valence-electron chi connectivity index (χ3n) is 6.86. The molecule has 0 bridgehead atoms. The minimum absolute atomic E-state index is 0.0639. The van der Waals surface area contributed by atoms with Crippen molar-refractivity contribution in [3.05, 3.63) is 72.1 Å². The Balaban J connectivity index is 1.92. The van der Waals surface area contributed by atoms with E-state index in [-0.39, 0.29) is 18.3 Å². The van der Waals surface area contributed by atoms with E-state index in [0.29, 0.717) is 23.6 Å². The Bertz CT molecular complexity index is 1350. The molecule has 3 aromatic rings. The average molecular weight is 600 g/mol. The van der Waals surface area contributed by atoms with Crippen LogP contribution in [0.25, 0.3) is 11.3 Å². The molecule has 222 valence electrons. The lowest BCUT2D eigenvalue weighted by atomic mass is 10.1. The number of aromatic nitrogens is 2. The van der Waals surface area contributed by atoms with Crippen LogP contribution in [-0.2, 0) is 29.7 Å². The van der Waals surface area contributed by atoms with Gasteiger partial charge in [0.1, 0.15) is 5.75 Å². The van der Waals surface area contributed by atoms with E-state index in [9.17, 15) is 9.36 Å². The molecule has 0 atom stereocenters. The highest BCUT2D eigenvalue weighted by atomic mass is 31.2. The molecule has 3 rings (SSSR count). The first-order chi connectivity index (χ1) is 19.3. The van der Waals surface area contributed by atoms with E-state index in [1.165, 1.54) is 5.06 Å².